The highest BCUT2D eigenvalue weighted by atomic mass is 35.5. The average Bonchev–Trinajstić information content (AvgIpc) is 2.09. The van der Waals surface area contributed by atoms with Gasteiger partial charge in [0.2, 0.25) is 0 Å². The van der Waals surface area contributed by atoms with Crippen molar-refractivity contribution in [2.24, 2.45) is 0 Å². The zero-order valence-electron chi connectivity index (χ0n) is 8.14. The fourth-order valence-electron chi connectivity index (χ4n) is 1.25. The molecule has 1 unspecified atom stereocenters. The van der Waals surface area contributed by atoms with Crippen LogP contribution in [0.4, 0.5) is 0 Å². The van der Waals surface area contributed by atoms with Gasteiger partial charge in [0.1, 0.15) is 0 Å². The third kappa shape index (κ3) is 2.47. The number of hydrogen-bond donors (Lipinski definition) is 1. The third-order valence-electron chi connectivity index (χ3n) is 1.89. The summed E-state index contributed by atoms with van der Waals surface area (Å²) in [6.45, 7) is 5.80. The van der Waals surface area contributed by atoms with Crippen LogP contribution in [-0.2, 0) is 0 Å². The van der Waals surface area contributed by atoms with E-state index in [2.05, 4.69) is 16.9 Å². The average molecular weight is 231 g/mol. The molecule has 0 saturated carbocycles. The molecule has 1 atom stereocenters. The highest BCUT2D eigenvalue weighted by Gasteiger charge is 2.14. The number of pyridine rings is 1. The van der Waals surface area contributed by atoms with Crippen molar-refractivity contribution in [3.05, 3.63) is 40.2 Å². The van der Waals surface area contributed by atoms with E-state index in [0.717, 1.165) is 11.3 Å². The van der Waals surface area contributed by atoms with Gasteiger partial charge in [-0.05, 0) is 20.0 Å². The van der Waals surface area contributed by atoms with Crippen LogP contribution in [0, 0.1) is 0 Å². The minimum Gasteiger partial charge on any atom is -0.308 e. The lowest BCUT2D eigenvalue weighted by Gasteiger charge is -2.16. The first-order valence-electron chi connectivity index (χ1n) is 4.20. The maximum atomic E-state index is 6.02. The van der Waals surface area contributed by atoms with Crippen molar-refractivity contribution in [2.45, 2.75) is 13.0 Å². The van der Waals surface area contributed by atoms with Crippen molar-refractivity contribution in [1.82, 2.24) is 10.3 Å². The molecule has 0 radical (unpaired) electrons. The molecule has 0 aliphatic rings. The Balaban J connectivity index is 3.10. The first-order valence-corrected chi connectivity index (χ1v) is 4.95. The molecule has 0 aliphatic carbocycles. The molecule has 0 bridgehead atoms. The molecular weight excluding hydrogens is 219 g/mol. The first kappa shape index (κ1) is 11.5. The smallest absolute Gasteiger partial charge is 0.0801 e. The zero-order valence-corrected chi connectivity index (χ0v) is 9.65. The van der Waals surface area contributed by atoms with Gasteiger partial charge in [-0.2, -0.15) is 0 Å². The minimum absolute atomic E-state index is 0.0280. The number of rotatable bonds is 3. The Morgan fingerprint density at radius 2 is 2.21 bits per heavy atom. The molecule has 1 aromatic heterocycles. The predicted octanol–water partition coefficient (Wildman–Crippen LogP) is 3.23. The minimum atomic E-state index is -0.0280. The maximum absolute atomic E-state index is 6.02. The number of likely N-dealkylation sites (N-methyl/N-ethyl adjacent to an activating group) is 1. The van der Waals surface area contributed by atoms with E-state index in [9.17, 15) is 0 Å². The summed E-state index contributed by atoms with van der Waals surface area (Å²) < 4.78 is 0. The summed E-state index contributed by atoms with van der Waals surface area (Å²) >= 11 is 11.8. The van der Waals surface area contributed by atoms with Crippen molar-refractivity contribution in [3.63, 3.8) is 0 Å². The fraction of sp³-hybridized carbons (Fsp3) is 0.300. The van der Waals surface area contributed by atoms with Crippen molar-refractivity contribution >= 4 is 23.2 Å². The molecule has 1 rings (SSSR count). The molecule has 0 fully saturated rings. The molecule has 0 spiro atoms. The van der Waals surface area contributed by atoms with E-state index in [-0.39, 0.29) is 6.04 Å². The van der Waals surface area contributed by atoms with Gasteiger partial charge < -0.3 is 5.32 Å². The van der Waals surface area contributed by atoms with Gasteiger partial charge in [0, 0.05) is 6.20 Å². The monoisotopic (exact) mass is 230 g/mol. The molecule has 76 valence electrons. The Bertz CT molecular complexity index is 350. The zero-order chi connectivity index (χ0) is 10.7. The number of nitrogens with one attached hydrogen (secondary N) is 1. The van der Waals surface area contributed by atoms with Crippen molar-refractivity contribution in [1.29, 1.82) is 0 Å². The molecule has 1 heterocycles. The molecule has 0 aliphatic heterocycles. The van der Waals surface area contributed by atoms with Crippen molar-refractivity contribution in [2.75, 3.05) is 7.05 Å². The number of hydrogen-bond acceptors (Lipinski definition) is 2. The fourth-order valence-corrected chi connectivity index (χ4v) is 1.74. The van der Waals surface area contributed by atoms with Gasteiger partial charge in [-0.3, -0.25) is 4.98 Å². The van der Waals surface area contributed by atoms with Gasteiger partial charge in [-0.1, -0.05) is 35.4 Å². The van der Waals surface area contributed by atoms with E-state index >= 15 is 0 Å². The van der Waals surface area contributed by atoms with Crippen LogP contribution in [0.3, 0.4) is 0 Å². The first-order chi connectivity index (χ1) is 6.56. The Hall–Kier alpha value is -0.570. The molecular formula is C10H12Cl2N2. The van der Waals surface area contributed by atoms with Crippen LogP contribution >= 0.6 is 23.2 Å². The topological polar surface area (TPSA) is 24.9 Å². The third-order valence-corrected chi connectivity index (χ3v) is 2.40. The lowest BCUT2D eigenvalue weighted by Crippen LogP contribution is -2.18. The molecule has 0 saturated heterocycles. The van der Waals surface area contributed by atoms with E-state index < -0.39 is 0 Å². The van der Waals surface area contributed by atoms with Gasteiger partial charge in [-0.25, -0.2) is 0 Å². The number of aromatic nitrogens is 1. The Labute approximate surface area is 93.9 Å². The Kier molecular flexibility index (Phi) is 3.93. The Morgan fingerprint density at radius 3 is 2.64 bits per heavy atom. The lowest BCUT2D eigenvalue weighted by molar-refractivity contribution is 0.660. The molecule has 1 N–H and O–H groups in total. The standard InChI is InChI=1S/C10H12Cl2N2/c1-6(2)9(13-3)10-8(12)4-7(11)5-14-10/h4-5,9,13H,1H2,2-3H3. The highest BCUT2D eigenvalue weighted by Crippen LogP contribution is 2.26. The molecule has 14 heavy (non-hydrogen) atoms. The van der Waals surface area contributed by atoms with Gasteiger partial charge in [0.15, 0.2) is 0 Å². The van der Waals surface area contributed by atoms with Crippen LogP contribution in [0.15, 0.2) is 24.4 Å². The molecule has 1 aromatic rings. The van der Waals surface area contributed by atoms with Crippen LogP contribution < -0.4 is 5.32 Å². The van der Waals surface area contributed by atoms with E-state index in [1.807, 2.05) is 14.0 Å². The van der Waals surface area contributed by atoms with Crippen LogP contribution in [0.5, 0.6) is 0 Å². The summed E-state index contributed by atoms with van der Waals surface area (Å²) in [5, 5.41) is 4.18. The molecule has 2 nitrogen and oxygen atoms in total. The number of nitrogens with zero attached hydrogens (tertiary/aromatic N) is 1. The van der Waals surface area contributed by atoms with Crippen LogP contribution in [0.1, 0.15) is 18.7 Å². The second-order valence-corrected chi connectivity index (χ2v) is 3.93. The second-order valence-electron chi connectivity index (χ2n) is 3.09. The normalized spacial score (nSPS) is 12.6. The quantitative estimate of drug-likeness (QED) is 0.808. The van der Waals surface area contributed by atoms with Gasteiger partial charge in [0.05, 0.1) is 21.8 Å². The second kappa shape index (κ2) is 4.78. The summed E-state index contributed by atoms with van der Waals surface area (Å²) in [5.74, 6) is 0. The van der Waals surface area contributed by atoms with E-state index in [4.69, 9.17) is 23.2 Å². The summed E-state index contributed by atoms with van der Waals surface area (Å²) in [7, 11) is 1.84. The van der Waals surface area contributed by atoms with E-state index in [0.29, 0.717) is 10.0 Å². The maximum Gasteiger partial charge on any atom is 0.0801 e. The predicted molar refractivity (Wildman–Crippen MR) is 60.9 cm³/mol. The molecule has 0 amide bonds. The summed E-state index contributed by atoms with van der Waals surface area (Å²) in [5.41, 5.74) is 1.72. The molecule has 4 heteroatoms. The van der Waals surface area contributed by atoms with Crippen LogP contribution in [-0.4, -0.2) is 12.0 Å². The Morgan fingerprint density at radius 1 is 1.57 bits per heavy atom. The van der Waals surface area contributed by atoms with Crippen LogP contribution in [0.2, 0.25) is 10.0 Å². The van der Waals surface area contributed by atoms with Gasteiger partial charge in [-0.15, -0.1) is 0 Å². The molecule has 0 aromatic carbocycles. The van der Waals surface area contributed by atoms with E-state index in [1.165, 1.54) is 0 Å². The highest BCUT2D eigenvalue weighted by molar-refractivity contribution is 6.34. The van der Waals surface area contributed by atoms with Gasteiger partial charge in [0.25, 0.3) is 0 Å². The van der Waals surface area contributed by atoms with Crippen molar-refractivity contribution < 1.29 is 0 Å². The lowest BCUT2D eigenvalue weighted by atomic mass is 10.1. The van der Waals surface area contributed by atoms with Crippen LogP contribution in [0.25, 0.3) is 0 Å². The SMILES string of the molecule is C=C(C)C(NC)c1ncc(Cl)cc1Cl. The summed E-state index contributed by atoms with van der Waals surface area (Å²) in [6.07, 6.45) is 1.58. The summed E-state index contributed by atoms with van der Waals surface area (Å²) in [6, 6.07) is 1.65. The largest absolute Gasteiger partial charge is 0.308 e. The van der Waals surface area contributed by atoms with E-state index in [1.54, 1.807) is 12.3 Å². The van der Waals surface area contributed by atoms with Crippen molar-refractivity contribution in [3.8, 4) is 0 Å². The van der Waals surface area contributed by atoms with Gasteiger partial charge >= 0.3 is 0 Å². The summed E-state index contributed by atoms with van der Waals surface area (Å²) in [4.78, 5) is 4.18. The number of halogens is 2.